The van der Waals surface area contributed by atoms with Gasteiger partial charge in [-0.15, -0.1) is 0 Å². The van der Waals surface area contributed by atoms with Crippen LogP contribution in [0.25, 0.3) is 32.6 Å². The Morgan fingerprint density at radius 3 is 2.53 bits per heavy atom. The van der Waals surface area contributed by atoms with E-state index >= 15 is 0 Å². The molecule has 30 heavy (non-hydrogen) atoms. The van der Waals surface area contributed by atoms with Crippen molar-refractivity contribution in [1.29, 1.82) is 0 Å². The molecule has 4 rings (SSSR count). The van der Waals surface area contributed by atoms with Crippen molar-refractivity contribution in [1.82, 2.24) is 14.7 Å². The first-order valence-electron chi connectivity index (χ1n) is 10.3. The molecule has 5 N–H and O–H groups in total. The lowest BCUT2D eigenvalue weighted by Crippen LogP contribution is -2.27. The van der Waals surface area contributed by atoms with Gasteiger partial charge in [0.2, 0.25) is 0 Å². The van der Waals surface area contributed by atoms with Gasteiger partial charge in [-0.2, -0.15) is 0 Å². The summed E-state index contributed by atoms with van der Waals surface area (Å²) in [4.78, 5) is 19.5. The van der Waals surface area contributed by atoms with Crippen LogP contribution in [0, 0.1) is 0 Å². The maximum atomic E-state index is 12.7. The number of nitrogens with two attached hydrogens (primary N) is 1. The van der Waals surface area contributed by atoms with Crippen LogP contribution in [0.4, 0.5) is 0 Å². The van der Waals surface area contributed by atoms with E-state index in [4.69, 9.17) is 5.73 Å². The molecule has 0 bridgehead atoms. The van der Waals surface area contributed by atoms with E-state index < -0.39 is 0 Å². The number of nitrogens with one attached hydrogen (secondary N) is 1. The second-order valence-electron chi connectivity index (χ2n) is 7.37. The second kappa shape index (κ2) is 7.97. The fourth-order valence-corrected chi connectivity index (χ4v) is 4.19. The van der Waals surface area contributed by atoms with Crippen LogP contribution in [-0.2, 0) is 6.54 Å². The molecule has 158 valence electrons. The number of aromatic hydroxyl groups is 2. The monoisotopic (exact) mass is 409 g/mol. The van der Waals surface area contributed by atoms with Gasteiger partial charge in [0.05, 0.1) is 45.6 Å². The Hall–Kier alpha value is -3.10. The SMILES string of the molecule is CCN(CC)CCn1[nH]c2c3c(=O)ccc(O)c3c(O)c3c(=NCCN)ccc1c32. The third kappa shape index (κ3) is 3.09. The number of aromatic amines is 1. The molecule has 1 aromatic heterocycles. The molecule has 1 heterocycles. The zero-order valence-corrected chi connectivity index (χ0v) is 17.3. The number of rotatable bonds is 7. The van der Waals surface area contributed by atoms with Gasteiger partial charge in [0.25, 0.3) is 0 Å². The molecule has 0 unspecified atom stereocenters. The van der Waals surface area contributed by atoms with E-state index in [9.17, 15) is 15.0 Å². The summed E-state index contributed by atoms with van der Waals surface area (Å²) in [5.74, 6) is -0.275. The normalized spacial score (nSPS) is 12.9. The molecule has 4 aromatic rings. The van der Waals surface area contributed by atoms with Crippen LogP contribution in [0.3, 0.4) is 0 Å². The third-order valence-corrected chi connectivity index (χ3v) is 5.76. The highest BCUT2D eigenvalue weighted by molar-refractivity contribution is 6.23. The highest BCUT2D eigenvalue weighted by Gasteiger charge is 2.22. The zero-order chi connectivity index (χ0) is 21.4. The van der Waals surface area contributed by atoms with Gasteiger partial charge in [-0.05, 0) is 37.4 Å². The molecular formula is C22H27N5O3. The minimum atomic E-state index is -0.261. The van der Waals surface area contributed by atoms with E-state index in [1.165, 1.54) is 12.1 Å². The average Bonchev–Trinajstić information content (AvgIpc) is 3.12. The molecule has 0 fully saturated rings. The molecule has 8 heteroatoms. The molecule has 3 aromatic carbocycles. The summed E-state index contributed by atoms with van der Waals surface area (Å²) >= 11 is 0. The highest BCUT2D eigenvalue weighted by Crippen LogP contribution is 2.41. The van der Waals surface area contributed by atoms with E-state index in [0.29, 0.717) is 35.9 Å². The molecule has 0 spiro atoms. The lowest BCUT2D eigenvalue weighted by atomic mass is 9.99. The Morgan fingerprint density at radius 2 is 1.83 bits per heavy atom. The Labute approximate surface area is 173 Å². The molecule has 8 nitrogen and oxygen atoms in total. The number of benzene rings is 3. The Balaban J connectivity index is 2.11. The minimum absolute atomic E-state index is 0.135. The summed E-state index contributed by atoms with van der Waals surface area (Å²) < 4.78 is 1.99. The smallest absolute Gasteiger partial charge is 0.189 e. The molecule has 0 saturated heterocycles. The van der Waals surface area contributed by atoms with Crippen molar-refractivity contribution in [3.63, 3.8) is 0 Å². The first kappa shape index (κ1) is 20.2. The van der Waals surface area contributed by atoms with Crippen LogP contribution in [0.5, 0.6) is 11.5 Å². The van der Waals surface area contributed by atoms with E-state index in [-0.39, 0.29) is 27.7 Å². The van der Waals surface area contributed by atoms with Gasteiger partial charge in [-0.1, -0.05) is 13.8 Å². The number of phenols is 2. The van der Waals surface area contributed by atoms with E-state index in [1.54, 1.807) is 0 Å². The molecule has 0 aliphatic rings. The van der Waals surface area contributed by atoms with Crippen molar-refractivity contribution in [3.05, 3.63) is 39.8 Å². The number of likely N-dealkylation sites (N-methyl/N-ethyl adjacent to an activating group) is 1. The Bertz CT molecular complexity index is 1330. The topological polar surface area (TPSA) is 120 Å². The summed E-state index contributed by atoms with van der Waals surface area (Å²) in [5, 5.41) is 27.2. The van der Waals surface area contributed by atoms with Crippen LogP contribution < -0.4 is 16.5 Å². The Kier molecular flexibility index (Phi) is 5.36. The molecular weight excluding hydrogens is 382 g/mol. The fourth-order valence-electron chi connectivity index (χ4n) is 4.19. The molecule has 0 amide bonds. The predicted molar refractivity (Wildman–Crippen MR) is 119 cm³/mol. The van der Waals surface area contributed by atoms with Crippen LogP contribution in [0.2, 0.25) is 0 Å². The Morgan fingerprint density at radius 1 is 1.07 bits per heavy atom. The summed E-state index contributed by atoms with van der Waals surface area (Å²) in [6.07, 6.45) is 0. The summed E-state index contributed by atoms with van der Waals surface area (Å²) in [5.41, 5.74) is 6.83. The van der Waals surface area contributed by atoms with Crippen LogP contribution in [0.1, 0.15) is 13.8 Å². The lowest BCUT2D eigenvalue weighted by Gasteiger charge is -2.18. The molecule has 0 aliphatic heterocycles. The van der Waals surface area contributed by atoms with Gasteiger partial charge < -0.3 is 20.8 Å². The molecule has 0 aliphatic carbocycles. The third-order valence-electron chi connectivity index (χ3n) is 5.76. The fraction of sp³-hybridized carbons (Fsp3) is 0.364. The highest BCUT2D eigenvalue weighted by atomic mass is 16.3. The number of aromatic nitrogens is 2. The van der Waals surface area contributed by atoms with Crippen molar-refractivity contribution in [2.24, 2.45) is 10.7 Å². The van der Waals surface area contributed by atoms with Gasteiger partial charge in [0.1, 0.15) is 11.5 Å². The average molecular weight is 409 g/mol. The van der Waals surface area contributed by atoms with E-state index in [2.05, 4.69) is 28.8 Å². The van der Waals surface area contributed by atoms with Gasteiger partial charge in [-0.3, -0.25) is 19.6 Å². The van der Waals surface area contributed by atoms with E-state index in [1.807, 2.05) is 16.8 Å². The van der Waals surface area contributed by atoms with Crippen molar-refractivity contribution in [3.8, 4) is 11.5 Å². The summed E-state index contributed by atoms with van der Waals surface area (Å²) in [6.45, 7) is 8.48. The first-order chi connectivity index (χ1) is 14.5. The van der Waals surface area contributed by atoms with Crippen LogP contribution in [0.15, 0.2) is 34.1 Å². The molecule has 0 saturated carbocycles. The maximum absolute atomic E-state index is 12.7. The summed E-state index contributed by atoms with van der Waals surface area (Å²) in [7, 11) is 0. The number of hydrogen-bond acceptors (Lipinski definition) is 6. The second-order valence-corrected chi connectivity index (χ2v) is 7.37. The molecule has 0 atom stereocenters. The number of H-pyrrole nitrogens is 1. The largest absolute Gasteiger partial charge is 0.507 e. The van der Waals surface area contributed by atoms with Gasteiger partial charge in [0, 0.05) is 18.5 Å². The van der Waals surface area contributed by atoms with Crippen molar-refractivity contribution in [2.75, 3.05) is 32.7 Å². The number of hydrogen-bond donors (Lipinski definition) is 4. The van der Waals surface area contributed by atoms with E-state index in [0.717, 1.165) is 30.5 Å². The van der Waals surface area contributed by atoms with Crippen molar-refractivity contribution in [2.45, 2.75) is 20.4 Å². The van der Waals surface area contributed by atoms with Crippen LogP contribution in [-0.4, -0.2) is 57.6 Å². The molecule has 0 radical (unpaired) electrons. The lowest BCUT2D eigenvalue weighted by molar-refractivity contribution is 0.287. The first-order valence-corrected chi connectivity index (χ1v) is 10.3. The standard InChI is InChI=1S/C22H27N5O3/c1-3-26(4-2)11-12-27-14-6-5-13(24-10-9-23)17-18(14)21(25-27)19-15(28)7-8-16(29)20(19)22(17)30/h5-8,25,29-30H,3-4,9-12,23H2,1-2H3. The number of nitrogens with zero attached hydrogens (tertiary/aromatic N) is 3. The van der Waals surface area contributed by atoms with Gasteiger partial charge >= 0.3 is 0 Å². The van der Waals surface area contributed by atoms with Crippen molar-refractivity contribution >= 4 is 32.6 Å². The number of fused-ring (bicyclic) bond motifs is 2. The van der Waals surface area contributed by atoms with Crippen LogP contribution >= 0.6 is 0 Å². The predicted octanol–water partition coefficient (Wildman–Crippen LogP) is 1.69. The maximum Gasteiger partial charge on any atom is 0.189 e. The van der Waals surface area contributed by atoms with Crippen molar-refractivity contribution < 1.29 is 10.2 Å². The van der Waals surface area contributed by atoms with Gasteiger partial charge in [0.15, 0.2) is 5.43 Å². The zero-order valence-electron chi connectivity index (χ0n) is 17.3. The number of phenolic OH excluding ortho intramolecular Hbond substituents is 2. The summed E-state index contributed by atoms with van der Waals surface area (Å²) in [6, 6.07) is 6.43. The quantitative estimate of drug-likeness (QED) is 0.346. The minimum Gasteiger partial charge on any atom is -0.507 e. The van der Waals surface area contributed by atoms with Gasteiger partial charge in [-0.25, -0.2) is 0 Å².